The molecule has 1 atom stereocenters. The van der Waals surface area contributed by atoms with Gasteiger partial charge in [0.2, 0.25) is 5.88 Å². The number of rotatable bonds is 8. The topological polar surface area (TPSA) is 104 Å². The number of ether oxygens (including phenoxy) is 4. The van der Waals surface area contributed by atoms with Gasteiger partial charge in [0.1, 0.15) is 46.8 Å². The highest BCUT2D eigenvalue weighted by atomic mass is 35.5. The highest BCUT2D eigenvalue weighted by molar-refractivity contribution is 6.30. The van der Waals surface area contributed by atoms with E-state index in [4.69, 9.17) is 36.3 Å². The zero-order chi connectivity index (χ0) is 28.1. The summed E-state index contributed by atoms with van der Waals surface area (Å²) in [6.07, 6.45) is 0. The molecule has 0 saturated heterocycles. The number of halogens is 1. The van der Waals surface area contributed by atoms with E-state index in [1.807, 2.05) is 55.5 Å². The summed E-state index contributed by atoms with van der Waals surface area (Å²) >= 11 is 5.97. The second-order valence-corrected chi connectivity index (χ2v) is 9.37. The van der Waals surface area contributed by atoms with Crippen molar-refractivity contribution in [1.82, 2.24) is 0 Å². The van der Waals surface area contributed by atoms with E-state index in [1.54, 1.807) is 42.5 Å². The summed E-state index contributed by atoms with van der Waals surface area (Å²) in [5.74, 6) is 0.639. The number of benzene rings is 4. The summed E-state index contributed by atoms with van der Waals surface area (Å²) in [6, 6.07) is 29.0. The Bertz CT molecular complexity index is 1630. The zero-order valence-corrected chi connectivity index (χ0v) is 22.4. The zero-order valence-electron chi connectivity index (χ0n) is 21.6. The molecule has 1 aliphatic rings. The van der Waals surface area contributed by atoms with Crippen LogP contribution in [0.25, 0.3) is 0 Å². The maximum atomic E-state index is 12.9. The van der Waals surface area contributed by atoms with Crippen LogP contribution >= 0.6 is 11.6 Å². The van der Waals surface area contributed by atoms with Crippen LogP contribution in [0.3, 0.4) is 0 Å². The molecule has 0 spiro atoms. The van der Waals surface area contributed by atoms with Crippen molar-refractivity contribution in [3.05, 3.63) is 130 Å². The number of esters is 1. The minimum Gasteiger partial charge on any atom is -0.493 e. The molecule has 40 heavy (non-hydrogen) atoms. The van der Waals surface area contributed by atoms with Crippen LogP contribution in [0.1, 0.15) is 39.9 Å². The SMILES string of the molecule is CCOc1ccccc1C(=O)Oc1ccc2c(c1)OC(N)=C(C#N)C2c1cccc(OCc2ccc(Cl)cc2)c1. The standard InChI is InChI=1S/C32H25ClN2O5/c1-2-37-28-9-4-3-8-26(28)32(36)39-24-14-15-25-29(17-24)40-31(35)27(18-34)30(25)21-6-5-7-23(16-21)38-19-20-10-12-22(33)13-11-20/h3-17,30H,2,19,35H2,1H3. The summed E-state index contributed by atoms with van der Waals surface area (Å²) in [7, 11) is 0. The number of hydrogen-bond acceptors (Lipinski definition) is 7. The van der Waals surface area contributed by atoms with E-state index in [2.05, 4.69) is 6.07 Å². The monoisotopic (exact) mass is 552 g/mol. The lowest BCUT2D eigenvalue weighted by molar-refractivity contribution is 0.0730. The van der Waals surface area contributed by atoms with Gasteiger partial charge in [0, 0.05) is 16.7 Å². The molecule has 4 aromatic rings. The van der Waals surface area contributed by atoms with Crippen molar-refractivity contribution >= 4 is 17.6 Å². The summed E-state index contributed by atoms with van der Waals surface area (Å²) in [4.78, 5) is 12.9. The van der Waals surface area contributed by atoms with Gasteiger partial charge in [-0.25, -0.2) is 4.79 Å². The van der Waals surface area contributed by atoms with Crippen LogP contribution in [0.2, 0.25) is 5.02 Å². The molecule has 2 N–H and O–H groups in total. The predicted octanol–water partition coefficient (Wildman–Crippen LogP) is 6.76. The molecule has 0 aliphatic carbocycles. The Morgan fingerprint density at radius 1 is 0.975 bits per heavy atom. The number of para-hydroxylation sites is 1. The molecule has 5 rings (SSSR count). The van der Waals surface area contributed by atoms with E-state index >= 15 is 0 Å². The van der Waals surface area contributed by atoms with E-state index in [1.165, 1.54) is 0 Å². The number of hydrogen-bond donors (Lipinski definition) is 1. The van der Waals surface area contributed by atoms with Crippen LogP contribution in [0.15, 0.2) is 102 Å². The third kappa shape index (κ3) is 5.73. The molecule has 0 fully saturated rings. The van der Waals surface area contributed by atoms with Gasteiger partial charge in [0.05, 0.1) is 12.5 Å². The van der Waals surface area contributed by atoms with Crippen molar-refractivity contribution in [1.29, 1.82) is 5.26 Å². The van der Waals surface area contributed by atoms with Gasteiger partial charge in [0.15, 0.2) is 0 Å². The summed E-state index contributed by atoms with van der Waals surface area (Å²) in [5, 5.41) is 10.6. The van der Waals surface area contributed by atoms with Crippen molar-refractivity contribution in [3.63, 3.8) is 0 Å². The second kappa shape index (κ2) is 11.9. The largest absolute Gasteiger partial charge is 0.493 e. The van der Waals surface area contributed by atoms with Crippen LogP contribution in [0.4, 0.5) is 0 Å². The number of allylic oxidation sites excluding steroid dienone is 1. The number of carbonyl (C=O) groups excluding carboxylic acids is 1. The molecule has 0 radical (unpaired) electrons. The Kier molecular flexibility index (Phi) is 7.90. The molecule has 0 saturated carbocycles. The highest BCUT2D eigenvalue weighted by Crippen LogP contribution is 2.44. The molecular weight excluding hydrogens is 528 g/mol. The molecule has 1 heterocycles. The molecule has 0 aromatic heterocycles. The molecule has 1 aliphatic heterocycles. The average molecular weight is 553 g/mol. The van der Waals surface area contributed by atoms with Gasteiger partial charge in [-0.05, 0) is 60.5 Å². The van der Waals surface area contributed by atoms with Gasteiger partial charge in [-0.3, -0.25) is 0 Å². The fourth-order valence-corrected chi connectivity index (χ4v) is 4.58. The second-order valence-electron chi connectivity index (χ2n) is 8.93. The van der Waals surface area contributed by atoms with Crippen molar-refractivity contribution in [3.8, 4) is 29.1 Å². The Balaban J connectivity index is 1.41. The first-order valence-corrected chi connectivity index (χ1v) is 13.0. The normalized spacial score (nSPS) is 14.0. The summed E-state index contributed by atoms with van der Waals surface area (Å²) in [5.41, 5.74) is 9.24. The van der Waals surface area contributed by atoms with Crippen LogP contribution in [-0.2, 0) is 6.61 Å². The van der Waals surface area contributed by atoms with Crippen LogP contribution in [0, 0.1) is 11.3 Å². The average Bonchev–Trinajstić information content (AvgIpc) is 2.96. The molecule has 4 aromatic carbocycles. The fraction of sp³-hybridized carbons (Fsp3) is 0.125. The Hall–Kier alpha value is -4.93. The molecule has 8 heteroatoms. The molecule has 7 nitrogen and oxygen atoms in total. The first-order chi connectivity index (χ1) is 19.5. The predicted molar refractivity (Wildman–Crippen MR) is 151 cm³/mol. The first-order valence-electron chi connectivity index (χ1n) is 12.6. The number of nitrogens with zero attached hydrogens (tertiary/aromatic N) is 1. The van der Waals surface area contributed by atoms with Crippen LogP contribution in [-0.4, -0.2) is 12.6 Å². The summed E-state index contributed by atoms with van der Waals surface area (Å²) < 4.78 is 23.0. The number of fused-ring (bicyclic) bond motifs is 1. The number of nitrogens with two attached hydrogens (primary N) is 1. The van der Waals surface area contributed by atoms with Crippen molar-refractivity contribution < 1.29 is 23.7 Å². The number of nitriles is 1. The van der Waals surface area contributed by atoms with Gasteiger partial charge < -0.3 is 24.7 Å². The Morgan fingerprint density at radius 3 is 2.55 bits per heavy atom. The molecular formula is C32H25ClN2O5. The summed E-state index contributed by atoms with van der Waals surface area (Å²) in [6.45, 7) is 2.61. The first kappa shape index (κ1) is 26.7. The van der Waals surface area contributed by atoms with Crippen molar-refractivity contribution in [2.45, 2.75) is 19.4 Å². The van der Waals surface area contributed by atoms with E-state index < -0.39 is 11.9 Å². The maximum absolute atomic E-state index is 12.9. The number of carbonyl (C=O) groups is 1. The lowest BCUT2D eigenvalue weighted by Gasteiger charge is -2.27. The fourth-order valence-electron chi connectivity index (χ4n) is 4.45. The highest BCUT2D eigenvalue weighted by Gasteiger charge is 2.31. The smallest absolute Gasteiger partial charge is 0.347 e. The quantitative estimate of drug-likeness (QED) is 0.190. The molecule has 0 bridgehead atoms. The van der Waals surface area contributed by atoms with Gasteiger partial charge >= 0.3 is 5.97 Å². The van der Waals surface area contributed by atoms with Gasteiger partial charge in [0.25, 0.3) is 0 Å². The molecule has 1 unspecified atom stereocenters. The molecule has 0 amide bonds. The van der Waals surface area contributed by atoms with E-state index in [0.717, 1.165) is 11.1 Å². The van der Waals surface area contributed by atoms with E-state index in [-0.39, 0.29) is 17.2 Å². The minimum absolute atomic E-state index is 0.0161. The van der Waals surface area contributed by atoms with E-state index in [9.17, 15) is 10.1 Å². The third-order valence-corrected chi connectivity index (χ3v) is 6.57. The minimum atomic E-state index is -0.567. The van der Waals surface area contributed by atoms with Gasteiger partial charge in [-0.1, -0.05) is 54.1 Å². The lowest BCUT2D eigenvalue weighted by Crippen LogP contribution is -2.21. The van der Waals surface area contributed by atoms with E-state index in [0.29, 0.717) is 46.6 Å². The maximum Gasteiger partial charge on any atom is 0.347 e. The van der Waals surface area contributed by atoms with Gasteiger partial charge in [-0.2, -0.15) is 5.26 Å². The molecule has 200 valence electrons. The Morgan fingerprint density at radius 2 is 1.77 bits per heavy atom. The van der Waals surface area contributed by atoms with Crippen molar-refractivity contribution in [2.24, 2.45) is 5.73 Å². The van der Waals surface area contributed by atoms with Crippen molar-refractivity contribution in [2.75, 3.05) is 6.61 Å². The van der Waals surface area contributed by atoms with Crippen LogP contribution < -0.4 is 24.7 Å². The lowest BCUT2D eigenvalue weighted by atomic mass is 9.83. The van der Waals surface area contributed by atoms with Crippen LogP contribution in [0.5, 0.6) is 23.0 Å². The third-order valence-electron chi connectivity index (χ3n) is 6.32. The van der Waals surface area contributed by atoms with Gasteiger partial charge in [-0.15, -0.1) is 0 Å². The Labute approximate surface area is 236 Å².